The average Bonchev–Trinajstić information content (AvgIpc) is 3.73. The van der Waals surface area contributed by atoms with Crippen molar-refractivity contribution in [3.05, 3.63) is 246 Å². The summed E-state index contributed by atoms with van der Waals surface area (Å²) in [5.41, 5.74) is 22.1. The first-order valence-electron chi connectivity index (χ1n) is 23.3. The molecule has 11 rings (SSSR count). The standard InChI is InChI=1S/C64H55N/c1-6-43(45-24-26-46(27-25-45)49-17-13-18-50(39-49)51-29-28-44-15-7-8-16-48(44)40-51)19-14-38-65(54-35-37-58-56-21-10-12-23-60(56)64(4,5)62(58)42-54)53-33-30-47(31-34-53)52-32-36-57-55-20-9-11-22-59(55)63(2,3)61(57)41-52/h6-24,26-37,39-42,45H,25,38H2,1-5H3/b19-14-,43-6+. The molecule has 0 radical (unpaired) electrons. The molecule has 0 aliphatic heterocycles. The molecular weight excluding hydrogens is 783 g/mol. The second-order valence-electron chi connectivity index (χ2n) is 19.2. The maximum atomic E-state index is 2.48. The highest BCUT2D eigenvalue weighted by Crippen LogP contribution is 2.51. The minimum absolute atomic E-state index is 0.0331. The van der Waals surface area contributed by atoms with Crippen molar-refractivity contribution < 1.29 is 0 Å². The first kappa shape index (κ1) is 40.5. The predicted molar refractivity (Wildman–Crippen MR) is 278 cm³/mol. The van der Waals surface area contributed by atoms with Crippen LogP contribution in [-0.2, 0) is 10.8 Å². The van der Waals surface area contributed by atoms with Gasteiger partial charge in [0.2, 0.25) is 0 Å². The van der Waals surface area contributed by atoms with Gasteiger partial charge in [0.05, 0.1) is 0 Å². The van der Waals surface area contributed by atoms with Crippen molar-refractivity contribution in [1.82, 2.24) is 0 Å². The van der Waals surface area contributed by atoms with Crippen LogP contribution in [0.5, 0.6) is 0 Å². The van der Waals surface area contributed by atoms with Gasteiger partial charge in [0.15, 0.2) is 0 Å². The number of allylic oxidation sites excluding steroid dienone is 7. The van der Waals surface area contributed by atoms with Crippen molar-refractivity contribution in [3.8, 4) is 44.5 Å². The molecule has 1 nitrogen and oxygen atoms in total. The molecule has 0 aromatic heterocycles. The fourth-order valence-corrected chi connectivity index (χ4v) is 11.0. The van der Waals surface area contributed by atoms with E-state index in [0.717, 1.165) is 13.0 Å². The summed E-state index contributed by atoms with van der Waals surface area (Å²) in [5, 5.41) is 2.54. The summed E-state index contributed by atoms with van der Waals surface area (Å²) in [6.07, 6.45) is 15.1. The van der Waals surface area contributed by atoms with E-state index in [0.29, 0.717) is 5.92 Å². The molecule has 0 saturated heterocycles. The van der Waals surface area contributed by atoms with Crippen molar-refractivity contribution in [1.29, 1.82) is 0 Å². The molecule has 0 saturated carbocycles. The van der Waals surface area contributed by atoms with Crippen LogP contribution in [0.25, 0.3) is 60.9 Å². The fourth-order valence-electron chi connectivity index (χ4n) is 11.0. The third-order valence-corrected chi connectivity index (χ3v) is 14.7. The second-order valence-corrected chi connectivity index (χ2v) is 19.2. The number of rotatable bonds is 9. The Morgan fingerprint density at radius 3 is 1.78 bits per heavy atom. The molecule has 1 heteroatoms. The molecule has 8 aromatic rings. The smallest absolute Gasteiger partial charge is 0.0417 e. The molecule has 0 amide bonds. The minimum Gasteiger partial charge on any atom is -0.338 e. The topological polar surface area (TPSA) is 3.24 Å². The van der Waals surface area contributed by atoms with Crippen molar-refractivity contribution in [3.63, 3.8) is 0 Å². The van der Waals surface area contributed by atoms with E-state index in [1.165, 1.54) is 106 Å². The van der Waals surface area contributed by atoms with Gasteiger partial charge in [-0.3, -0.25) is 0 Å². The molecule has 3 aliphatic carbocycles. The van der Waals surface area contributed by atoms with Crippen LogP contribution in [-0.4, -0.2) is 6.54 Å². The Balaban J connectivity index is 0.858. The lowest BCUT2D eigenvalue weighted by molar-refractivity contribution is 0.660. The summed E-state index contributed by atoms with van der Waals surface area (Å²) in [6.45, 7) is 12.4. The second kappa shape index (κ2) is 16.1. The van der Waals surface area contributed by atoms with Crippen LogP contribution >= 0.6 is 0 Å². The summed E-state index contributed by atoms with van der Waals surface area (Å²) in [4.78, 5) is 2.48. The van der Waals surface area contributed by atoms with E-state index in [4.69, 9.17) is 0 Å². The monoisotopic (exact) mass is 837 g/mol. The number of hydrogen-bond acceptors (Lipinski definition) is 1. The Bertz CT molecular complexity index is 3270. The van der Waals surface area contributed by atoms with Gasteiger partial charge < -0.3 is 4.90 Å². The maximum absolute atomic E-state index is 2.48. The van der Waals surface area contributed by atoms with E-state index >= 15 is 0 Å². The number of benzene rings is 8. The summed E-state index contributed by atoms with van der Waals surface area (Å²) < 4.78 is 0. The van der Waals surface area contributed by atoms with Crippen LogP contribution in [0.1, 0.15) is 68.9 Å². The normalized spacial score (nSPS) is 16.5. The van der Waals surface area contributed by atoms with Crippen LogP contribution in [0.15, 0.2) is 218 Å². The van der Waals surface area contributed by atoms with Crippen LogP contribution in [0.3, 0.4) is 0 Å². The van der Waals surface area contributed by atoms with Crippen molar-refractivity contribution in [2.24, 2.45) is 5.92 Å². The molecule has 0 fully saturated rings. The van der Waals surface area contributed by atoms with Crippen LogP contribution < -0.4 is 4.90 Å². The Hall–Kier alpha value is -7.22. The summed E-state index contributed by atoms with van der Waals surface area (Å²) in [7, 11) is 0. The highest BCUT2D eigenvalue weighted by molar-refractivity contribution is 5.89. The SMILES string of the molecule is C/C=C(\C=C/CN(c1ccc(-c2ccc3c(c2)C(C)(C)c2ccccc2-3)cc1)c1ccc2c(c1)C(C)(C)c1ccccc1-2)C1C=CC(c2cccc(-c3ccc4ccccc4c3)c2)=CC1. The molecule has 1 unspecified atom stereocenters. The fraction of sp³-hybridized carbons (Fsp3) is 0.156. The van der Waals surface area contributed by atoms with E-state index < -0.39 is 0 Å². The Morgan fingerprint density at radius 2 is 1.08 bits per heavy atom. The zero-order valence-electron chi connectivity index (χ0n) is 38.1. The molecule has 0 heterocycles. The molecule has 316 valence electrons. The largest absolute Gasteiger partial charge is 0.338 e. The van der Waals surface area contributed by atoms with Gasteiger partial charge in [0, 0.05) is 34.7 Å². The molecule has 0 N–H and O–H groups in total. The Labute approximate surface area is 385 Å². The quantitative estimate of drug-likeness (QED) is 0.131. The van der Waals surface area contributed by atoms with Gasteiger partial charge in [-0.05, 0) is 150 Å². The lowest BCUT2D eigenvalue weighted by Crippen LogP contribution is -2.19. The summed E-state index contributed by atoms with van der Waals surface area (Å²) in [5.74, 6) is 0.320. The lowest BCUT2D eigenvalue weighted by Gasteiger charge is -2.27. The lowest BCUT2D eigenvalue weighted by atomic mass is 9.81. The third kappa shape index (κ3) is 7.11. The zero-order chi connectivity index (χ0) is 44.3. The van der Waals surface area contributed by atoms with Gasteiger partial charge >= 0.3 is 0 Å². The predicted octanol–water partition coefficient (Wildman–Crippen LogP) is 17.1. The van der Waals surface area contributed by atoms with E-state index in [9.17, 15) is 0 Å². The average molecular weight is 838 g/mol. The number of fused-ring (bicyclic) bond motifs is 7. The van der Waals surface area contributed by atoms with Crippen molar-refractivity contribution >= 4 is 27.7 Å². The zero-order valence-corrected chi connectivity index (χ0v) is 38.1. The van der Waals surface area contributed by atoms with Crippen LogP contribution in [0.4, 0.5) is 11.4 Å². The van der Waals surface area contributed by atoms with Gasteiger partial charge in [0.25, 0.3) is 0 Å². The van der Waals surface area contributed by atoms with Crippen molar-refractivity contribution in [2.75, 3.05) is 11.4 Å². The van der Waals surface area contributed by atoms with Gasteiger partial charge in [-0.25, -0.2) is 0 Å². The summed E-state index contributed by atoms with van der Waals surface area (Å²) in [6, 6.07) is 65.5. The van der Waals surface area contributed by atoms with E-state index in [-0.39, 0.29) is 10.8 Å². The number of hydrogen-bond donors (Lipinski definition) is 0. The van der Waals surface area contributed by atoms with Crippen molar-refractivity contribution in [2.45, 2.75) is 51.9 Å². The van der Waals surface area contributed by atoms with Gasteiger partial charge in [0.1, 0.15) is 0 Å². The van der Waals surface area contributed by atoms with E-state index in [1.807, 2.05) is 0 Å². The number of nitrogens with zero attached hydrogens (tertiary/aromatic N) is 1. The molecular formula is C64H55N. The van der Waals surface area contributed by atoms with Gasteiger partial charge in [-0.1, -0.05) is 198 Å². The number of anilines is 2. The highest BCUT2D eigenvalue weighted by Gasteiger charge is 2.36. The van der Waals surface area contributed by atoms with Gasteiger partial charge in [-0.2, -0.15) is 0 Å². The summed E-state index contributed by atoms with van der Waals surface area (Å²) >= 11 is 0. The molecule has 0 bridgehead atoms. The molecule has 1 atom stereocenters. The maximum Gasteiger partial charge on any atom is 0.0417 e. The molecule has 65 heavy (non-hydrogen) atoms. The molecule has 0 spiro atoms. The van der Waals surface area contributed by atoms with Crippen LogP contribution in [0.2, 0.25) is 0 Å². The Kier molecular flexibility index (Phi) is 10.0. The Morgan fingerprint density at radius 1 is 0.508 bits per heavy atom. The van der Waals surface area contributed by atoms with E-state index in [1.54, 1.807) is 0 Å². The van der Waals surface area contributed by atoms with E-state index in [2.05, 4.69) is 252 Å². The minimum atomic E-state index is -0.0795. The molecule has 3 aliphatic rings. The molecule has 8 aromatic carbocycles. The highest BCUT2D eigenvalue weighted by atomic mass is 15.1. The first-order valence-corrected chi connectivity index (χ1v) is 23.3. The third-order valence-electron chi connectivity index (χ3n) is 14.7. The van der Waals surface area contributed by atoms with Gasteiger partial charge in [-0.15, -0.1) is 0 Å². The first-order chi connectivity index (χ1) is 31.7. The van der Waals surface area contributed by atoms with Crippen LogP contribution in [0, 0.1) is 5.92 Å².